The summed E-state index contributed by atoms with van der Waals surface area (Å²) in [6.45, 7) is 9.26. The van der Waals surface area contributed by atoms with Gasteiger partial charge in [-0.15, -0.1) is 0 Å². The molecule has 0 fully saturated rings. The van der Waals surface area contributed by atoms with Crippen molar-refractivity contribution in [2.45, 2.75) is 39.4 Å². The molecular weight excluding hydrogens is 204 g/mol. The fourth-order valence-electron chi connectivity index (χ4n) is 0.577. The number of allylic oxidation sites excluding steroid dienone is 1. The molecule has 0 N–H and O–H groups in total. The van der Waals surface area contributed by atoms with Gasteiger partial charge in [0.15, 0.2) is 0 Å². The fraction of sp³-hybridized carbons (Fsp3) is 0.750. The lowest BCUT2D eigenvalue weighted by atomic mass is 10.3. The predicted molar refractivity (Wildman–Crippen MR) is 55.3 cm³/mol. The largest absolute Gasteiger partial charge is 0.0861 e. The van der Waals surface area contributed by atoms with Gasteiger partial charge in [-0.25, -0.2) is 0 Å². The Hall–Kier alpha value is 0.437. The minimum absolute atomic E-state index is 1.02. The molecule has 0 atom stereocenters. The second-order valence-corrected chi connectivity index (χ2v) is 10.2. The first kappa shape index (κ1) is 10.4. The Morgan fingerprint density at radius 2 is 1.90 bits per heavy atom. The second kappa shape index (κ2) is 4.34. The van der Waals surface area contributed by atoms with Crippen LogP contribution in [0.1, 0.15) is 19.8 Å². The summed E-state index contributed by atoms with van der Waals surface area (Å²) in [5.74, 6) is 0. The highest BCUT2D eigenvalue weighted by atomic mass is 79.9. The van der Waals surface area contributed by atoms with Crippen molar-refractivity contribution in [3.8, 4) is 0 Å². The number of hydrogen-bond acceptors (Lipinski definition) is 0. The van der Waals surface area contributed by atoms with Gasteiger partial charge >= 0.3 is 0 Å². The van der Waals surface area contributed by atoms with Crippen molar-refractivity contribution in [3.63, 3.8) is 0 Å². The molecule has 0 saturated heterocycles. The van der Waals surface area contributed by atoms with Crippen molar-refractivity contribution in [3.05, 3.63) is 10.2 Å². The molecule has 0 saturated carbocycles. The minimum atomic E-state index is -1.02. The zero-order valence-corrected chi connectivity index (χ0v) is 9.96. The van der Waals surface area contributed by atoms with Gasteiger partial charge in [0.2, 0.25) is 0 Å². The third-order valence-corrected chi connectivity index (χ3v) is 6.86. The van der Waals surface area contributed by atoms with Crippen LogP contribution in [0.5, 0.6) is 0 Å². The SMILES string of the molecule is CCC/C=C(\Br)[Si](C)(C)C. The molecule has 0 spiro atoms. The van der Waals surface area contributed by atoms with Crippen LogP contribution < -0.4 is 0 Å². The monoisotopic (exact) mass is 220 g/mol. The van der Waals surface area contributed by atoms with E-state index in [4.69, 9.17) is 0 Å². The van der Waals surface area contributed by atoms with Gasteiger partial charge in [0.05, 0.1) is 8.07 Å². The van der Waals surface area contributed by atoms with Crippen molar-refractivity contribution in [2.24, 2.45) is 0 Å². The standard InChI is InChI=1S/C8H17BrSi/c1-5-6-7-8(9)10(2,3)4/h7H,5-6H2,1-4H3/b8-7+. The Kier molecular flexibility index (Phi) is 4.53. The van der Waals surface area contributed by atoms with Gasteiger partial charge in [-0.3, -0.25) is 0 Å². The van der Waals surface area contributed by atoms with Crippen LogP contribution in [-0.2, 0) is 0 Å². The number of halogens is 1. The molecule has 0 bridgehead atoms. The van der Waals surface area contributed by atoms with Crippen LogP contribution in [0.4, 0.5) is 0 Å². The second-order valence-electron chi connectivity index (χ2n) is 3.59. The van der Waals surface area contributed by atoms with Gasteiger partial charge in [0.25, 0.3) is 0 Å². The molecule has 0 heterocycles. The van der Waals surface area contributed by atoms with Crippen LogP contribution in [0, 0.1) is 0 Å². The molecule has 0 aromatic rings. The van der Waals surface area contributed by atoms with Crippen LogP contribution in [0.25, 0.3) is 0 Å². The third-order valence-electron chi connectivity index (χ3n) is 1.33. The molecule has 0 aliphatic heterocycles. The summed E-state index contributed by atoms with van der Waals surface area (Å²) in [4.78, 5) is 0. The van der Waals surface area contributed by atoms with E-state index in [0.717, 1.165) is 0 Å². The molecule has 0 nitrogen and oxygen atoms in total. The van der Waals surface area contributed by atoms with Crippen molar-refractivity contribution in [1.82, 2.24) is 0 Å². The first-order chi connectivity index (χ1) is 4.48. The van der Waals surface area contributed by atoms with Crippen molar-refractivity contribution in [2.75, 3.05) is 0 Å². The van der Waals surface area contributed by atoms with E-state index < -0.39 is 8.07 Å². The lowest BCUT2D eigenvalue weighted by Gasteiger charge is -2.14. The predicted octanol–water partition coefficient (Wildman–Crippen LogP) is 3.94. The summed E-state index contributed by atoms with van der Waals surface area (Å²) in [6.07, 6.45) is 4.79. The summed E-state index contributed by atoms with van der Waals surface area (Å²) in [5.41, 5.74) is 0. The van der Waals surface area contributed by atoms with Crippen LogP contribution in [0.3, 0.4) is 0 Å². The summed E-state index contributed by atoms with van der Waals surface area (Å²) in [5, 5.41) is 0. The van der Waals surface area contributed by atoms with Gasteiger partial charge in [0.1, 0.15) is 0 Å². The Morgan fingerprint density at radius 3 is 2.20 bits per heavy atom. The third kappa shape index (κ3) is 4.28. The van der Waals surface area contributed by atoms with E-state index >= 15 is 0 Å². The van der Waals surface area contributed by atoms with Crippen molar-refractivity contribution >= 4 is 24.0 Å². The molecule has 0 radical (unpaired) electrons. The molecule has 0 aliphatic rings. The van der Waals surface area contributed by atoms with Gasteiger partial charge in [-0.2, -0.15) is 0 Å². The summed E-state index contributed by atoms with van der Waals surface area (Å²) < 4.78 is 1.46. The van der Waals surface area contributed by atoms with E-state index in [9.17, 15) is 0 Å². The summed E-state index contributed by atoms with van der Waals surface area (Å²) in [7, 11) is -1.02. The molecule has 0 aromatic carbocycles. The first-order valence-corrected chi connectivity index (χ1v) is 8.14. The zero-order valence-electron chi connectivity index (χ0n) is 7.37. The lowest BCUT2D eigenvalue weighted by Crippen LogP contribution is -2.20. The molecule has 10 heavy (non-hydrogen) atoms. The van der Waals surface area contributed by atoms with E-state index in [1.165, 1.54) is 16.9 Å². The van der Waals surface area contributed by atoms with E-state index in [1.54, 1.807) is 0 Å². The Labute approximate surface area is 73.9 Å². The van der Waals surface area contributed by atoms with E-state index in [0.29, 0.717) is 0 Å². The van der Waals surface area contributed by atoms with E-state index in [1.807, 2.05) is 0 Å². The van der Waals surface area contributed by atoms with Gasteiger partial charge in [0, 0.05) is 0 Å². The molecule has 0 aliphatic carbocycles. The highest BCUT2D eigenvalue weighted by molar-refractivity contribution is 9.12. The van der Waals surface area contributed by atoms with Gasteiger partial charge in [-0.1, -0.05) is 55.0 Å². The highest BCUT2D eigenvalue weighted by Crippen LogP contribution is 2.21. The van der Waals surface area contributed by atoms with E-state index in [-0.39, 0.29) is 0 Å². The average molecular weight is 221 g/mol. The van der Waals surface area contributed by atoms with E-state index in [2.05, 4.69) is 48.6 Å². The first-order valence-electron chi connectivity index (χ1n) is 3.84. The number of rotatable bonds is 3. The van der Waals surface area contributed by atoms with Gasteiger partial charge < -0.3 is 0 Å². The average Bonchev–Trinajstić information content (AvgIpc) is 1.80. The van der Waals surface area contributed by atoms with Crippen LogP contribution >= 0.6 is 15.9 Å². The molecule has 0 rings (SSSR count). The Balaban J connectivity index is 3.93. The minimum Gasteiger partial charge on any atom is -0.0785 e. The maximum Gasteiger partial charge on any atom is 0.0861 e. The van der Waals surface area contributed by atoms with Gasteiger partial charge in [-0.05, 0) is 10.5 Å². The van der Waals surface area contributed by atoms with Crippen LogP contribution in [0.2, 0.25) is 19.6 Å². The maximum atomic E-state index is 3.62. The van der Waals surface area contributed by atoms with Crippen molar-refractivity contribution < 1.29 is 0 Å². The Morgan fingerprint density at radius 1 is 1.40 bits per heavy atom. The Bertz CT molecular complexity index is 122. The quantitative estimate of drug-likeness (QED) is 0.633. The normalized spacial score (nSPS) is 13.9. The number of hydrogen-bond donors (Lipinski definition) is 0. The topological polar surface area (TPSA) is 0 Å². The summed E-state index contributed by atoms with van der Waals surface area (Å²) >= 11 is 3.62. The summed E-state index contributed by atoms with van der Waals surface area (Å²) in [6, 6.07) is 0. The zero-order chi connectivity index (χ0) is 8.20. The molecule has 2 heteroatoms. The maximum absolute atomic E-state index is 3.62. The van der Waals surface area contributed by atoms with Crippen molar-refractivity contribution in [1.29, 1.82) is 0 Å². The van der Waals surface area contributed by atoms with Crippen LogP contribution in [0.15, 0.2) is 10.2 Å². The molecule has 0 aromatic heterocycles. The molecule has 0 amide bonds. The van der Waals surface area contributed by atoms with Crippen LogP contribution in [-0.4, -0.2) is 8.07 Å². The smallest absolute Gasteiger partial charge is 0.0785 e. The fourth-order valence-corrected chi connectivity index (χ4v) is 1.56. The number of unbranched alkanes of at least 4 members (excludes halogenated alkanes) is 1. The molecule has 0 unspecified atom stereocenters. The molecular formula is C8H17BrSi. The lowest BCUT2D eigenvalue weighted by molar-refractivity contribution is 0.959. The molecule has 60 valence electrons. The highest BCUT2D eigenvalue weighted by Gasteiger charge is 2.15.